The first-order chi connectivity index (χ1) is 14.2. The second-order valence-electron chi connectivity index (χ2n) is 6.63. The zero-order valence-corrected chi connectivity index (χ0v) is 16.3. The van der Waals surface area contributed by atoms with Crippen LogP contribution in [0.5, 0.6) is 0 Å². The Kier molecular flexibility index (Phi) is 5.45. The van der Waals surface area contributed by atoms with E-state index in [1.165, 1.54) is 23.5 Å². The average molecular weight is 400 g/mol. The molecule has 0 amide bonds. The third kappa shape index (κ3) is 3.93. The van der Waals surface area contributed by atoms with Crippen LogP contribution in [0, 0.1) is 5.82 Å². The van der Waals surface area contributed by atoms with Crippen molar-refractivity contribution in [2.24, 2.45) is 0 Å². The second kappa shape index (κ2) is 8.33. The van der Waals surface area contributed by atoms with Crippen molar-refractivity contribution in [2.45, 2.75) is 6.42 Å². The standard InChI is InChI=1S/C25H17FO2S/c26-20-13-11-19(12-14-20)25-23(24(28)18-9-5-2-6-10-18)21(22(16-27)29-25)15-17-7-3-1-4-8-17/h1-14,16H,15H2. The molecule has 2 nitrogen and oxygen atoms in total. The molecule has 0 aliphatic heterocycles. The Morgan fingerprint density at radius 2 is 1.48 bits per heavy atom. The minimum absolute atomic E-state index is 0.139. The van der Waals surface area contributed by atoms with Crippen LogP contribution >= 0.6 is 11.3 Å². The summed E-state index contributed by atoms with van der Waals surface area (Å²) in [5, 5.41) is 0. The maximum absolute atomic E-state index is 13.5. The summed E-state index contributed by atoms with van der Waals surface area (Å²) in [7, 11) is 0. The Hall–Kier alpha value is -3.37. The predicted molar refractivity (Wildman–Crippen MR) is 114 cm³/mol. The van der Waals surface area contributed by atoms with Gasteiger partial charge in [0, 0.05) is 16.0 Å². The highest BCUT2D eigenvalue weighted by Crippen LogP contribution is 2.38. The fraction of sp³-hybridized carbons (Fsp3) is 0.0400. The summed E-state index contributed by atoms with van der Waals surface area (Å²) >= 11 is 1.28. The van der Waals surface area contributed by atoms with Crippen LogP contribution in [0.2, 0.25) is 0 Å². The van der Waals surface area contributed by atoms with Gasteiger partial charge in [0.2, 0.25) is 0 Å². The molecule has 4 aromatic rings. The Morgan fingerprint density at radius 3 is 2.10 bits per heavy atom. The lowest BCUT2D eigenvalue weighted by Crippen LogP contribution is -2.06. The molecular formula is C25H17FO2S. The number of ketones is 1. The molecule has 0 radical (unpaired) electrons. The largest absolute Gasteiger partial charge is 0.297 e. The maximum Gasteiger partial charge on any atom is 0.194 e. The zero-order chi connectivity index (χ0) is 20.2. The van der Waals surface area contributed by atoms with Gasteiger partial charge in [-0.15, -0.1) is 11.3 Å². The molecule has 0 unspecified atom stereocenters. The summed E-state index contributed by atoms with van der Waals surface area (Å²) in [5.41, 5.74) is 3.52. The molecular weight excluding hydrogens is 383 g/mol. The van der Waals surface area contributed by atoms with Gasteiger partial charge in [0.1, 0.15) is 5.82 Å². The van der Waals surface area contributed by atoms with Crippen LogP contribution < -0.4 is 0 Å². The highest BCUT2D eigenvalue weighted by Gasteiger charge is 2.25. The van der Waals surface area contributed by atoms with E-state index in [2.05, 4.69) is 0 Å². The van der Waals surface area contributed by atoms with Crippen molar-refractivity contribution < 1.29 is 14.0 Å². The minimum atomic E-state index is -0.346. The highest BCUT2D eigenvalue weighted by molar-refractivity contribution is 7.17. The van der Waals surface area contributed by atoms with E-state index in [4.69, 9.17) is 0 Å². The Bertz CT molecular complexity index is 1150. The Balaban J connectivity index is 1.92. The van der Waals surface area contributed by atoms with E-state index in [1.54, 1.807) is 24.3 Å². The van der Waals surface area contributed by atoms with Gasteiger partial charge in [-0.3, -0.25) is 9.59 Å². The smallest absolute Gasteiger partial charge is 0.194 e. The van der Waals surface area contributed by atoms with Crippen LogP contribution in [0.25, 0.3) is 10.4 Å². The fourth-order valence-electron chi connectivity index (χ4n) is 3.33. The number of rotatable bonds is 6. The molecule has 0 fully saturated rings. The van der Waals surface area contributed by atoms with Gasteiger partial charge in [0.25, 0.3) is 0 Å². The van der Waals surface area contributed by atoms with Gasteiger partial charge in [-0.05, 0) is 35.2 Å². The van der Waals surface area contributed by atoms with E-state index in [0.29, 0.717) is 32.9 Å². The Morgan fingerprint density at radius 1 is 0.862 bits per heavy atom. The average Bonchev–Trinajstić information content (AvgIpc) is 3.13. The third-order valence-corrected chi connectivity index (χ3v) is 5.94. The first-order valence-electron chi connectivity index (χ1n) is 9.18. The van der Waals surface area contributed by atoms with E-state index in [-0.39, 0.29) is 11.6 Å². The molecule has 1 aromatic heterocycles. The predicted octanol–water partition coefficient (Wildman–Crippen LogP) is 6.19. The van der Waals surface area contributed by atoms with Crippen LogP contribution in [0.3, 0.4) is 0 Å². The number of carbonyl (C=O) groups is 2. The van der Waals surface area contributed by atoms with Crippen molar-refractivity contribution >= 4 is 23.4 Å². The summed E-state index contributed by atoms with van der Waals surface area (Å²) in [5.74, 6) is -0.485. The quantitative estimate of drug-likeness (QED) is 0.286. The minimum Gasteiger partial charge on any atom is -0.297 e. The van der Waals surface area contributed by atoms with Crippen LogP contribution in [0.15, 0.2) is 84.9 Å². The molecule has 3 aromatic carbocycles. The summed E-state index contributed by atoms with van der Waals surface area (Å²) < 4.78 is 13.4. The monoisotopic (exact) mass is 400 g/mol. The van der Waals surface area contributed by atoms with Crippen LogP contribution in [-0.4, -0.2) is 12.1 Å². The van der Waals surface area contributed by atoms with Gasteiger partial charge in [-0.2, -0.15) is 0 Å². The molecule has 4 rings (SSSR count). The number of hydrogen-bond acceptors (Lipinski definition) is 3. The molecule has 0 aliphatic rings. The van der Waals surface area contributed by atoms with Crippen molar-refractivity contribution in [3.05, 3.63) is 118 Å². The number of aldehydes is 1. The van der Waals surface area contributed by atoms with Gasteiger partial charge in [-0.25, -0.2) is 4.39 Å². The second-order valence-corrected chi connectivity index (χ2v) is 7.68. The fourth-order valence-corrected chi connectivity index (χ4v) is 4.47. The number of thiophene rings is 1. The molecule has 0 spiro atoms. The zero-order valence-electron chi connectivity index (χ0n) is 15.5. The number of carbonyl (C=O) groups excluding carboxylic acids is 2. The third-order valence-electron chi connectivity index (χ3n) is 4.74. The summed E-state index contributed by atoms with van der Waals surface area (Å²) in [6.45, 7) is 0. The van der Waals surface area contributed by atoms with E-state index in [1.807, 2.05) is 48.5 Å². The van der Waals surface area contributed by atoms with Gasteiger partial charge in [-0.1, -0.05) is 72.8 Å². The molecule has 1 heterocycles. The molecule has 0 atom stereocenters. The van der Waals surface area contributed by atoms with Crippen molar-refractivity contribution in [3.8, 4) is 10.4 Å². The first kappa shape index (κ1) is 19.0. The lowest BCUT2D eigenvalue weighted by Gasteiger charge is -2.09. The van der Waals surface area contributed by atoms with E-state index < -0.39 is 0 Å². The molecule has 0 saturated heterocycles. The number of hydrogen-bond donors (Lipinski definition) is 0. The van der Waals surface area contributed by atoms with Gasteiger partial charge >= 0.3 is 0 Å². The summed E-state index contributed by atoms with van der Waals surface area (Å²) in [6, 6.07) is 24.8. The molecule has 0 N–H and O–H groups in total. The van der Waals surface area contributed by atoms with Gasteiger partial charge < -0.3 is 0 Å². The molecule has 0 bridgehead atoms. The summed E-state index contributed by atoms with van der Waals surface area (Å²) in [6.07, 6.45) is 1.28. The SMILES string of the molecule is O=Cc1sc(-c2ccc(F)cc2)c(C(=O)c2ccccc2)c1Cc1ccccc1. The van der Waals surface area contributed by atoms with E-state index in [9.17, 15) is 14.0 Å². The normalized spacial score (nSPS) is 10.7. The van der Waals surface area contributed by atoms with Crippen LogP contribution in [-0.2, 0) is 6.42 Å². The lowest BCUT2D eigenvalue weighted by molar-refractivity contribution is 0.103. The van der Waals surface area contributed by atoms with Crippen molar-refractivity contribution in [1.29, 1.82) is 0 Å². The van der Waals surface area contributed by atoms with Crippen molar-refractivity contribution in [2.75, 3.05) is 0 Å². The Labute approximate surface area is 172 Å². The number of benzene rings is 3. The highest BCUT2D eigenvalue weighted by atomic mass is 32.1. The van der Waals surface area contributed by atoms with Gasteiger partial charge in [0.05, 0.1) is 4.88 Å². The van der Waals surface area contributed by atoms with E-state index in [0.717, 1.165) is 17.4 Å². The van der Waals surface area contributed by atoms with Crippen LogP contribution in [0.1, 0.15) is 36.7 Å². The molecule has 4 heteroatoms. The maximum atomic E-state index is 13.5. The molecule has 29 heavy (non-hydrogen) atoms. The molecule has 0 aliphatic carbocycles. The van der Waals surface area contributed by atoms with Crippen molar-refractivity contribution in [1.82, 2.24) is 0 Å². The van der Waals surface area contributed by atoms with Crippen molar-refractivity contribution in [3.63, 3.8) is 0 Å². The molecule has 142 valence electrons. The van der Waals surface area contributed by atoms with E-state index >= 15 is 0 Å². The van der Waals surface area contributed by atoms with Gasteiger partial charge in [0.15, 0.2) is 12.1 Å². The molecule has 0 saturated carbocycles. The summed E-state index contributed by atoms with van der Waals surface area (Å²) in [4.78, 5) is 26.5. The number of halogens is 1. The topological polar surface area (TPSA) is 34.1 Å². The first-order valence-corrected chi connectivity index (χ1v) is 9.99. The van der Waals surface area contributed by atoms with Crippen LogP contribution in [0.4, 0.5) is 4.39 Å². The lowest BCUT2D eigenvalue weighted by atomic mass is 9.93.